The van der Waals surface area contributed by atoms with Gasteiger partial charge in [0.25, 0.3) is 0 Å². The number of nitrogens with zero attached hydrogens (tertiary/aromatic N) is 1. The second-order valence-corrected chi connectivity index (χ2v) is 5.15. The Morgan fingerprint density at radius 3 is 2.55 bits per heavy atom. The molecule has 0 saturated carbocycles. The summed E-state index contributed by atoms with van der Waals surface area (Å²) in [6, 6.07) is 15.0. The first-order valence-electron chi connectivity index (χ1n) is 7.05. The molecule has 0 radical (unpaired) electrons. The lowest BCUT2D eigenvalue weighted by Crippen LogP contribution is -2.10. The number of aromatic nitrogens is 1. The predicted octanol–water partition coefficient (Wildman–Crippen LogP) is 3.59. The fraction of sp³-hybridized carbons (Fsp3) is 0.111. The third-order valence-electron chi connectivity index (χ3n) is 3.70. The molecule has 0 bridgehead atoms. The Hall–Kier alpha value is -2.88. The number of carbonyl (C=O) groups excluding carboxylic acids is 1. The summed E-state index contributed by atoms with van der Waals surface area (Å²) in [5.41, 5.74) is 8.75. The quantitative estimate of drug-likeness (QED) is 0.799. The maximum atomic E-state index is 11.1. The molecular formula is C18H16N2O2. The van der Waals surface area contributed by atoms with Crippen LogP contribution < -0.4 is 5.73 Å². The number of rotatable bonds is 4. The minimum Gasteiger partial charge on any atom is -0.469 e. The van der Waals surface area contributed by atoms with Crippen molar-refractivity contribution in [1.29, 1.82) is 0 Å². The Bertz CT molecular complexity index is 777. The van der Waals surface area contributed by atoms with Crippen molar-refractivity contribution in [3.8, 4) is 11.1 Å². The van der Waals surface area contributed by atoms with E-state index in [0.717, 1.165) is 22.6 Å². The van der Waals surface area contributed by atoms with Gasteiger partial charge in [-0.25, -0.2) is 0 Å². The first-order chi connectivity index (χ1) is 10.6. The number of benzene rings is 1. The molecule has 2 aromatic heterocycles. The summed E-state index contributed by atoms with van der Waals surface area (Å²) in [5, 5.41) is 0. The van der Waals surface area contributed by atoms with E-state index in [9.17, 15) is 4.79 Å². The molecule has 1 amide bonds. The highest BCUT2D eigenvalue weighted by Gasteiger charge is 2.13. The van der Waals surface area contributed by atoms with Crippen LogP contribution in [0.3, 0.4) is 0 Å². The molecule has 0 aliphatic heterocycles. The molecule has 0 spiro atoms. The van der Waals surface area contributed by atoms with Crippen LogP contribution in [0.25, 0.3) is 11.1 Å². The van der Waals surface area contributed by atoms with Crippen LogP contribution in [-0.4, -0.2) is 10.9 Å². The van der Waals surface area contributed by atoms with E-state index in [4.69, 9.17) is 10.2 Å². The first kappa shape index (κ1) is 14.1. The molecule has 0 aliphatic rings. The van der Waals surface area contributed by atoms with E-state index in [1.807, 2.05) is 36.4 Å². The summed E-state index contributed by atoms with van der Waals surface area (Å²) in [4.78, 5) is 15.6. The highest BCUT2D eigenvalue weighted by atomic mass is 16.3. The van der Waals surface area contributed by atoms with E-state index in [2.05, 4.69) is 11.9 Å². The van der Waals surface area contributed by atoms with Gasteiger partial charge < -0.3 is 10.2 Å². The van der Waals surface area contributed by atoms with Gasteiger partial charge in [0.05, 0.1) is 17.9 Å². The largest absolute Gasteiger partial charge is 0.469 e. The summed E-state index contributed by atoms with van der Waals surface area (Å²) >= 11 is 0. The van der Waals surface area contributed by atoms with E-state index in [0.29, 0.717) is 5.56 Å². The number of pyridine rings is 1. The fourth-order valence-corrected chi connectivity index (χ4v) is 2.38. The first-order valence-corrected chi connectivity index (χ1v) is 7.05. The van der Waals surface area contributed by atoms with Crippen molar-refractivity contribution in [3.63, 3.8) is 0 Å². The normalized spacial score (nSPS) is 12.0. The number of nitrogens with two attached hydrogens (primary N) is 1. The molecule has 3 aromatic rings. The number of hydrogen-bond donors (Lipinski definition) is 1. The van der Waals surface area contributed by atoms with Crippen molar-refractivity contribution in [3.05, 3.63) is 78.0 Å². The topological polar surface area (TPSA) is 69.1 Å². The molecular weight excluding hydrogens is 276 g/mol. The summed E-state index contributed by atoms with van der Waals surface area (Å²) in [6.07, 6.45) is 3.45. The molecule has 0 saturated heterocycles. The maximum Gasteiger partial charge on any atom is 0.248 e. The van der Waals surface area contributed by atoms with Crippen LogP contribution in [0.1, 0.15) is 34.7 Å². The van der Waals surface area contributed by atoms with Gasteiger partial charge >= 0.3 is 0 Å². The van der Waals surface area contributed by atoms with Crippen molar-refractivity contribution in [2.24, 2.45) is 5.73 Å². The molecule has 2 heterocycles. The zero-order chi connectivity index (χ0) is 15.5. The van der Waals surface area contributed by atoms with Crippen LogP contribution in [-0.2, 0) is 0 Å². The fourth-order valence-electron chi connectivity index (χ4n) is 2.38. The van der Waals surface area contributed by atoms with Crippen molar-refractivity contribution in [2.75, 3.05) is 0 Å². The third-order valence-corrected chi connectivity index (χ3v) is 3.70. The molecule has 1 unspecified atom stereocenters. The Kier molecular flexibility index (Phi) is 3.74. The van der Waals surface area contributed by atoms with Crippen molar-refractivity contribution < 1.29 is 9.21 Å². The molecule has 3 rings (SSSR count). The van der Waals surface area contributed by atoms with E-state index >= 15 is 0 Å². The standard InChI is InChI=1S/C18H16N2O2/c1-12(17-3-2-10-22-17)16-11-15(8-9-20-16)13-4-6-14(7-5-13)18(19)21/h2-12H,1H3,(H2,19,21). The van der Waals surface area contributed by atoms with Gasteiger partial charge in [-0.2, -0.15) is 0 Å². The van der Waals surface area contributed by atoms with Gasteiger partial charge in [0.1, 0.15) is 5.76 Å². The lowest BCUT2D eigenvalue weighted by Gasteiger charge is -2.10. The smallest absolute Gasteiger partial charge is 0.248 e. The molecule has 22 heavy (non-hydrogen) atoms. The van der Waals surface area contributed by atoms with Crippen molar-refractivity contribution >= 4 is 5.91 Å². The Morgan fingerprint density at radius 2 is 1.91 bits per heavy atom. The van der Waals surface area contributed by atoms with Crippen molar-refractivity contribution in [1.82, 2.24) is 4.98 Å². The van der Waals surface area contributed by atoms with Gasteiger partial charge in [-0.05, 0) is 54.4 Å². The molecule has 110 valence electrons. The molecule has 0 fully saturated rings. The van der Waals surface area contributed by atoms with Gasteiger partial charge in [0.15, 0.2) is 0 Å². The highest BCUT2D eigenvalue weighted by molar-refractivity contribution is 5.93. The van der Waals surface area contributed by atoms with Gasteiger partial charge in [-0.15, -0.1) is 0 Å². The number of furan rings is 1. The second kappa shape index (κ2) is 5.85. The molecule has 2 N–H and O–H groups in total. The molecule has 0 aliphatic carbocycles. The van der Waals surface area contributed by atoms with Crippen molar-refractivity contribution in [2.45, 2.75) is 12.8 Å². The zero-order valence-electron chi connectivity index (χ0n) is 12.2. The Morgan fingerprint density at radius 1 is 1.14 bits per heavy atom. The lowest BCUT2D eigenvalue weighted by atomic mass is 9.99. The van der Waals surface area contributed by atoms with Crippen LogP contribution in [0, 0.1) is 0 Å². The van der Waals surface area contributed by atoms with Gasteiger partial charge in [0, 0.05) is 11.8 Å². The molecule has 4 heteroatoms. The maximum absolute atomic E-state index is 11.1. The highest BCUT2D eigenvalue weighted by Crippen LogP contribution is 2.27. The van der Waals surface area contributed by atoms with Gasteiger partial charge in [0.2, 0.25) is 5.91 Å². The molecule has 1 atom stereocenters. The third kappa shape index (κ3) is 2.76. The monoisotopic (exact) mass is 292 g/mol. The summed E-state index contributed by atoms with van der Waals surface area (Å²) in [5.74, 6) is 0.543. The predicted molar refractivity (Wildman–Crippen MR) is 84.4 cm³/mol. The van der Waals surface area contributed by atoms with Crippen LogP contribution in [0.15, 0.2) is 65.4 Å². The van der Waals surface area contributed by atoms with Crippen LogP contribution >= 0.6 is 0 Å². The Labute approximate surface area is 128 Å². The summed E-state index contributed by atoms with van der Waals surface area (Å²) in [7, 11) is 0. The molecule has 4 nitrogen and oxygen atoms in total. The van der Waals surface area contributed by atoms with Crippen LogP contribution in [0.2, 0.25) is 0 Å². The Balaban J connectivity index is 1.92. The average molecular weight is 292 g/mol. The van der Waals surface area contributed by atoms with Gasteiger partial charge in [-0.1, -0.05) is 12.1 Å². The van der Waals surface area contributed by atoms with E-state index in [1.54, 1.807) is 24.6 Å². The minimum absolute atomic E-state index is 0.0832. The molecule has 1 aromatic carbocycles. The number of amides is 1. The van der Waals surface area contributed by atoms with Gasteiger partial charge in [-0.3, -0.25) is 9.78 Å². The van der Waals surface area contributed by atoms with E-state index < -0.39 is 5.91 Å². The van der Waals surface area contributed by atoms with Crippen LogP contribution in [0.5, 0.6) is 0 Å². The second-order valence-electron chi connectivity index (χ2n) is 5.15. The van der Waals surface area contributed by atoms with E-state index in [1.165, 1.54) is 0 Å². The SMILES string of the molecule is CC(c1cc(-c2ccc(C(N)=O)cc2)ccn1)c1ccco1. The lowest BCUT2D eigenvalue weighted by molar-refractivity contribution is 0.100. The number of hydrogen-bond acceptors (Lipinski definition) is 3. The number of primary amides is 1. The zero-order valence-corrected chi connectivity index (χ0v) is 12.2. The minimum atomic E-state index is -0.423. The van der Waals surface area contributed by atoms with E-state index in [-0.39, 0.29) is 5.92 Å². The van der Waals surface area contributed by atoms with Crippen LogP contribution in [0.4, 0.5) is 0 Å². The summed E-state index contributed by atoms with van der Waals surface area (Å²) < 4.78 is 5.45. The average Bonchev–Trinajstić information content (AvgIpc) is 3.09. The number of carbonyl (C=O) groups is 1. The summed E-state index contributed by atoms with van der Waals surface area (Å²) in [6.45, 7) is 2.06.